The van der Waals surface area contributed by atoms with E-state index in [1.165, 1.54) is 0 Å². The molecule has 0 radical (unpaired) electrons. The predicted molar refractivity (Wildman–Crippen MR) is 49.8 cm³/mol. The molecule has 0 spiro atoms. The molecule has 0 atom stereocenters. The molecule has 62 valence electrons. The minimum absolute atomic E-state index is 0.515. The van der Waals surface area contributed by atoms with Gasteiger partial charge in [-0.3, -0.25) is 0 Å². The highest BCUT2D eigenvalue weighted by molar-refractivity contribution is 7.13. The van der Waals surface area contributed by atoms with Gasteiger partial charge in [0.15, 0.2) is 0 Å². The van der Waals surface area contributed by atoms with Crippen LogP contribution in [0.3, 0.4) is 0 Å². The van der Waals surface area contributed by atoms with Crippen molar-refractivity contribution < 1.29 is 0 Å². The Morgan fingerprint density at radius 1 is 1.58 bits per heavy atom. The molecule has 0 aliphatic heterocycles. The Labute approximate surface area is 74.3 Å². The van der Waals surface area contributed by atoms with Gasteiger partial charge in [0, 0.05) is 29.9 Å². The van der Waals surface area contributed by atoms with E-state index < -0.39 is 0 Å². The first-order chi connectivity index (χ1) is 5.90. The zero-order chi connectivity index (χ0) is 8.39. The van der Waals surface area contributed by atoms with Crippen LogP contribution in [0.5, 0.6) is 0 Å². The normalized spacial score (nSPS) is 10.4. The van der Waals surface area contributed by atoms with Crippen molar-refractivity contribution in [2.75, 3.05) is 0 Å². The van der Waals surface area contributed by atoms with Gasteiger partial charge in [0.2, 0.25) is 0 Å². The predicted octanol–water partition coefficient (Wildman–Crippen LogP) is 1.60. The fourth-order valence-electron chi connectivity index (χ4n) is 0.990. The molecule has 2 heterocycles. The number of nitrogens with two attached hydrogens (primary N) is 1. The van der Waals surface area contributed by atoms with Crippen molar-refractivity contribution in [2.45, 2.75) is 6.54 Å². The highest BCUT2D eigenvalue weighted by atomic mass is 32.1. The third-order valence-electron chi connectivity index (χ3n) is 1.61. The van der Waals surface area contributed by atoms with Crippen molar-refractivity contribution in [3.63, 3.8) is 0 Å². The summed E-state index contributed by atoms with van der Waals surface area (Å²) in [5, 5.41) is 3.01. The number of thiazole rings is 1. The minimum Gasteiger partial charge on any atom is -0.367 e. The van der Waals surface area contributed by atoms with Gasteiger partial charge in [0.25, 0.3) is 0 Å². The van der Waals surface area contributed by atoms with E-state index in [2.05, 4.69) is 9.97 Å². The molecule has 12 heavy (non-hydrogen) atoms. The fraction of sp³-hybridized carbons (Fsp3) is 0.125. The minimum atomic E-state index is 0.515. The van der Waals surface area contributed by atoms with Gasteiger partial charge in [0.1, 0.15) is 5.01 Å². The standard InChI is InChI=1S/C8H9N3S/c9-3-7-5-12-8(11-7)6-1-2-10-4-6/h1-2,4-5,10H,3,9H2. The summed E-state index contributed by atoms with van der Waals surface area (Å²) in [7, 11) is 0. The first-order valence-electron chi connectivity index (χ1n) is 3.68. The van der Waals surface area contributed by atoms with Gasteiger partial charge in [0.05, 0.1) is 5.69 Å². The van der Waals surface area contributed by atoms with Crippen LogP contribution in [0.1, 0.15) is 5.69 Å². The van der Waals surface area contributed by atoms with E-state index in [4.69, 9.17) is 5.73 Å². The van der Waals surface area contributed by atoms with Crippen molar-refractivity contribution >= 4 is 11.3 Å². The monoisotopic (exact) mass is 179 g/mol. The Balaban J connectivity index is 2.35. The SMILES string of the molecule is NCc1csc(-c2cc[nH]c2)n1. The highest BCUT2D eigenvalue weighted by Crippen LogP contribution is 2.22. The topological polar surface area (TPSA) is 54.7 Å². The van der Waals surface area contributed by atoms with E-state index in [0.717, 1.165) is 16.3 Å². The third kappa shape index (κ3) is 1.26. The second kappa shape index (κ2) is 3.08. The number of hydrogen-bond acceptors (Lipinski definition) is 3. The molecule has 2 rings (SSSR count). The van der Waals surface area contributed by atoms with Crippen LogP contribution in [-0.4, -0.2) is 9.97 Å². The second-order valence-electron chi connectivity index (χ2n) is 2.45. The summed E-state index contributed by atoms with van der Waals surface area (Å²) in [5.74, 6) is 0. The summed E-state index contributed by atoms with van der Waals surface area (Å²) in [4.78, 5) is 7.34. The first-order valence-corrected chi connectivity index (χ1v) is 4.56. The van der Waals surface area contributed by atoms with Crippen LogP contribution in [0.4, 0.5) is 0 Å². The lowest BCUT2D eigenvalue weighted by Crippen LogP contribution is -1.95. The van der Waals surface area contributed by atoms with E-state index >= 15 is 0 Å². The second-order valence-corrected chi connectivity index (χ2v) is 3.31. The number of aromatic nitrogens is 2. The van der Waals surface area contributed by atoms with Crippen molar-refractivity contribution in [3.8, 4) is 10.6 Å². The maximum atomic E-state index is 5.45. The summed E-state index contributed by atoms with van der Waals surface area (Å²) in [6, 6.07) is 2.00. The summed E-state index contributed by atoms with van der Waals surface area (Å²) in [6.07, 6.45) is 3.82. The van der Waals surface area contributed by atoms with Crippen LogP contribution in [0.25, 0.3) is 10.6 Å². The van der Waals surface area contributed by atoms with Crippen LogP contribution in [0, 0.1) is 0 Å². The van der Waals surface area contributed by atoms with E-state index in [1.54, 1.807) is 11.3 Å². The molecule has 2 aromatic rings. The zero-order valence-corrected chi connectivity index (χ0v) is 7.27. The van der Waals surface area contributed by atoms with Crippen molar-refractivity contribution in [2.24, 2.45) is 5.73 Å². The van der Waals surface area contributed by atoms with Gasteiger partial charge < -0.3 is 10.7 Å². The Bertz CT molecular complexity index is 350. The van der Waals surface area contributed by atoms with Crippen LogP contribution in [0.2, 0.25) is 0 Å². The Morgan fingerprint density at radius 3 is 3.08 bits per heavy atom. The van der Waals surface area contributed by atoms with Crippen LogP contribution >= 0.6 is 11.3 Å². The van der Waals surface area contributed by atoms with Gasteiger partial charge in [-0.1, -0.05) is 0 Å². The molecular formula is C8H9N3S. The molecule has 3 N–H and O–H groups in total. The van der Waals surface area contributed by atoms with Crippen LogP contribution in [-0.2, 0) is 6.54 Å². The smallest absolute Gasteiger partial charge is 0.125 e. The summed E-state index contributed by atoms with van der Waals surface area (Å²) < 4.78 is 0. The quantitative estimate of drug-likeness (QED) is 0.735. The average molecular weight is 179 g/mol. The van der Waals surface area contributed by atoms with Crippen molar-refractivity contribution in [3.05, 3.63) is 29.5 Å². The molecule has 4 heteroatoms. The molecule has 0 saturated heterocycles. The van der Waals surface area contributed by atoms with E-state index in [9.17, 15) is 0 Å². The van der Waals surface area contributed by atoms with Crippen molar-refractivity contribution in [1.29, 1.82) is 0 Å². The number of aromatic amines is 1. The Kier molecular flexibility index (Phi) is 1.93. The molecule has 0 saturated carbocycles. The molecule has 0 aromatic carbocycles. The average Bonchev–Trinajstić information content (AvgIpc) is 2.75. The molecule has 3 nitrogen and oxygen atoms in total. The number of rotatable bonds is 2. The Hall–Kier alpha value is -1.13. The number of nitrogens with one attached hydrogen (secondary N) is 1. The molecule has 0 bridgehead atoms. The molecule has 0 amide bonds. The zero-order valence-electron chi connectivity index (χ0n) is 6.45. The first kappa shape index (κ1) is 7.52. The molecule has 2 aromatic heterocycles. The van der Waals surface area contributed by atoms with Crippen LogP contribution < -0.4 is 5.73 Å². The summed E-state index contributed by atoms with van der Waals surface area (Å²) in [6.45, 7) is 0.515. The largest absolute Gasteiger partial charge is 0.367 e. The van der Waals surface area contributed by atoms with Gasteiger partial charge in [-0.05, 0) is 6.07 Å². The fourth-order valence-corrected chi connectivity index (χ4v) is 1.82. The Morgan fingerprint density at radius 2 is 2.50 bits per heavy atom. The lowest BCUT2D eigenvalue weighted by molar-refractivity contribution is 1.01. The molecule has 0 aliphatic rings. The molecule has 0 fully saturated rings. The van der Waals surface area contributed by atoms with E-state index in [1.807, 2.05) is 23.8 Å². The third-order valence-corrected chi connectivity index (χ3v) is 2.55. The van der Waals surface area contributed by atoms with E-state index in [0.29, 0.717) is 6.54 Å². The van der Waals surface area contributed by atoms with Gasteiger partial charge in [-0.2, -0.15) is 0 Å². The highest BCUT2D eigenvalue weighted by Gasteiger charge is 2.02. The van der Waals surface area contributed by atoms with E-state index in [-0.39, 0.29) is 0 Å². The van der Waals surface area contributed by atoms with Crippen LogP contribution in [0.15, 0.2) is 23.8 Å². The summed E-state index contributed by atoms with van der Waals surface area (Å²) in [5.41, 5.74) is 7.53. The maximum Gasteiger partial charge on any atom is 0.125 e. The molecule has 0 unspecified atom stereocenters. The molecular weight excluding hydrogens is 170 g/mol. The summed E-state index contributed by atoms with van der Waals surface area (Å²) >= 11 is 1.62. The lowest BCUT2D eigenvalue weighted by Gasteiger charge is -1.86. The molecule has 0 aliphatic carbocycles. The van der Waals surface area contributed by atoms with Gasteiger partial charge >= 0.3 is 0 Å². The van der Waals surface area contributed by atoms with Gasteiger partial charge in [-0.15, -0.1) is 11.3 Å². The number of H-pyrrole nitrogens is 1. The maximum absolute atomic E-state index is 5.45. The van der Waals surface area contributed by atoms with Gasteiger partial charge in [-0.25, -0.2) is 4.98 Å². The lowest BCUT2D eigenvalue weighted by atomic mass is 10.3. The number of nitrogens with zero attached hydrogens (tertiary/aromatic N) is 1. The van der Waals surface area contributed by atoms with Crippen molar-refractivity contribution in [1.82, 2.24) is 9.97 Å². The number of hydrogen-bond donors (Lipinski definition) is 2.